The first-order valence-electron chi connectivity index (χ1n) is 8.51. The molecule has 1 aliphatic rings. The van der Waals surface area contributed by atoms with Crippen LogP contribution in [-0.4, -0.2) is 16.7 Å². The molecule has 0 amide bonds. The fourth-order valence-electron chi connectivity index (χ4n) is 2.86. The molecular weight excluding hydrogens is 314 g/mol. The molecular formula is C21H25NO3. The molecule has 0 saturated carbocycles. The van der Waals surface area contributed by atoms with Gasteiger partial charge in [0.15, 0.2) is 0 Å². The number of ketones is 2. The molecule has 0 saturated heterocycles. The number of hydrogen-bond acceptors (Lipinski definition) is 4. The SMILES string of the molecule is CC(C)=CCCC(C)C1=C(Nc2ccccc2)C(O)=C(C)C(=O)C1=O. The average molecular weight is 339 g/mol. The summed E-state index contributed by atoms with van der Waals surface area (Å²) in [5.41, 5.74) is 2.77. The number of anilines is 1. The number of benzene rings is 1. The van der Waals surface area contributed by atoms with Crippen LogP contribution in [0.15, 0.2) is 64.6 Å². The summed E-state index contributed by atoms with van der Waals surface area (Å²) >= 11 is 0. The average Bonchev–Trinajstić information content (AvgIpc) is 2.58. The van der Waals surface area contributed by atoms with Crippen molar-refractivity contribution in [2.24, 2.45) is 5.92 Å². The fourth-order valence-corrected chi connectivity index (χ4v) is 2.86. The van der Waals surface area contributed by atoms with Gasteiger partial charge in [-0.3, -0.25) is 9.59 Å². The topological polar surface area (TPSA) is 66.4 Å². The van der Waals surface area contributed by atoms with Crippen LogP contribution in [0.2, 0.25) is 0 Å². The van der Waals surface area contributed by atoms with Crippen LogP contribution in [0.25, 0.3) is 0 Å². The summed E-state index contributed by atoms with van der Waals surface area (Å²) in [5, 5.41) is 13.6. The molecule has 1 unspecified atom stereocenters. The van der Waals surface area contributed by atoms with E-state index < -0.39 is 11.6 Å². The van der Waals surface area contributed by atoms with E-state index in [1.807, 2.05) is 51.1 Å². The van der Waals surface area contributed by atoms with Gasteiger partial charge in [-0.15, -0.1) is 0 Å². The van der Waals surface area contributed by atoms with Gasteiger partial charge in [0.1, 0.15) is 5.76 Å². The lowest BCUT2D eigenvalue weighted by Crippen LogP contribution is -2.30. The first-order valence-corrected chi connectivity index (χ1v) is 8.51. The molecule has 2 rings (SSSR count). The van der Waals surface area contributed by atoms with E-state index in [9.17, 15) is 14.7 Å². The predicted octanol–water partition coefficient (Wildman–Crippen LogP) is 4.72. The van der Waals surface area contributed by atoms with E-state index in [2.05, 4.69) is 11.4 Å². The summed E-state index contributed by atoms with van der Waals surface area (Å²) in [6.45, 7) is 7.45. The third-order valence-corrected chi connectivity index (χ3v) is 4.34. The molecule has 1 aromatic carbocycles. The predicted molar refractivity (Wildman–Crippen MR) is 100 cm³/mol. The first-order chi connectivity index (χ1) is 11.8. The summed E-state index contributed by atoms with van der Waals surface area (Å²) in [6.07, 6.45) is 3.65. The van der Waals surface area contributed by atoms with Crippen LogP contribution in [0.3, 0.4) is 0 Å². The zero-order valence-corrected chi connectivity index (χ0v) is 15.2. The minimum Gasteiger partial charge on any atom is -0.505 e. The Kier molecular flexibility index (Phi) is 5.97. The number of nitrogens with one attached hydrogen (secondary N) is 1. The number of carbonyl (C=O) groups excluding carboxylic acids is 2. The quantitative estimate of drug-likeness (QED) is 0.447. The molecule has 4 nitrogen and oxygen atoms in total. The van der Waals surface area contributed by atoms with E-state index in [0.717, 1.165) is 18.5 Å². The number of Topliss-reactive ketones (excluding diaryl/α,β-unsaturated/α-hetero) is 2. The molecule has 25 heavy (non-hydrogen) atoms. The second-order valence-corrected chi connectivity index (χ2v) is 6.67. The van der Waals surface area contributed by atoms with E-state index in [-0.39, 0.29) is 17.3 Å². The van der Waals surface area contributed by atoms with E-state index in [1.54, 1.807) is 0 Å². The van der Waals surface area contributed by atoms with Gasteiger partial charge in [-0.1, -0.05) is 36.8 Å². The molecule has 132 valence electrons. The summed E-state index contributed by atoms with van der Waals surface area (Å²) in [7, 11) is 0. The van der Waals surface area contributed by atoms with Crippen molar-refractivity contribution < 1.29 is 14.7 Å². The maximum atomic E-state index is 12.6. The normalized spacial score (nSPS) is 16.2. The second-order valence-electron chi connectivity index (χ2n) is 6.67. The van der Waals surface area contributed by atoms with Crippen molar-refractivity contribution in [1.29, 1.82) is 0 Å². The van der Waals surface area contributed by atoms with Gasteiger partial charge >= 0.3 is 0 Å². The molecule has 0 heterocycles. The van der Waals surface area contributed by atoms with Gasteiger partial charge < -0.3 is 10.4 Å². The number of rotatable bonds is 6. The molecule has 1 atom stereocenters. The van der Waals surface area contributed by atoms with Gasteiger partial charge in [0, 0.05) is 16.8 Å². The van der Waals surface area contributed by atoms with E-state index in [1.165, 1.54) is 12.5 Å². The van der Waals surface area contributed by atoms with Gasteiger partial charge in [0.2, 0.25) is 11.6 Å². The zero-order valence-electron chi connectivity index (χ0n) is 15.2. The zero-order chi connectivity index (χ0) is 18.6. The lowest BCUT2D eigenvalue weighted by atomic mass is 9.83. The minimum atomic E-state index is -0.625. The van der Waals surface area contributed by atoms with Crippen molar-refractivity contribution in [3.63, 3.8) is 0 Å². The second kappa shape index (κ2) is 7.97. The number of hydrogen-bond donors (Lipinski definition) is 2. The molecule has 0 fully saturated rings. The van der Waals surface area contributed by atoms with Crippen molar-refractivity contribution in [1.82, 2.24) is 0 Å². The Bertz CT molecular complexity index is 766. The standard InChI is InChI=1S/C21H25NO3/c1-13(2)9-8-10-14(3)17-18(22-16-11-6-5-7-12-16)19(23)15(4)20(24)21(17)25/h5-7,9,11-12,14,22-23H,8,10H2,1-4H3. The number of aliphatic hydroxyl groups is 1. The third-order valence-electron chi connectivity index (χ3n) is 4.34. The smallest absolute Gasteiger partial charge is 0.232 e. The van der Waals surface area contributed by atoms with Crippen LogP contribution in [0.1, 0.15) is 40.5 Å². The molecule has 1 aromatic rings. The molecule has 1 aliphatic carbocycles. The highest BCUT2D eigenvalue weighted by Gasteiger charge is 2.35. The molecule has 0 bridgehead atoms. The maximum Gasteiger partial charge on any atom is 0.232 e. The van der Waals surface area contributed by atoms with Gasteiger partial charge in [-0.25, -0.2) is 0 Å². The van der Waals surface area contributed by atoms with Crippen LogP contribution in [0.5, 0.6) is 0 Å². The van der Waals surface area contributed by atoms with E-state index >= 15 is 0 Å². The van der Waals surface area contributed by atoms with Crippen LogP contribution in [-0.2, 0) is 9.59 Å². The van der Waals surface area contributed by atoms with Crippen LogP contribution in [0.4, 0.5) is 5.69 Å². The summed E-state index contributed by atoms with van der Waals surface area (Å²) in [6, 6.07) is 9.32. The van der Waals surface area contributed by atoms with Gasteiger partial charge in [-0.05, 0) is 51.7 Å². The molecule has 0 aromatic heterocycles. The number of allylic oxidation sites excluding steroid dienone is 4. The van der Waals surface area contributed by atoms with Crippen molar-refractivity contribution in [2.75, 3.05) is 5.32 Å². The van der Waals surface area contributed by atoms with E-state index in [4.69, 9.17) is 0 Å². The Hall–Kier alpha value is -2.62. The molecule has 0 spiro atoms. The highest BCUT2D eigenvalue weighted by molar-refractivity contribution is 6.50. The fraction of sp³-hybridized carbons (Fsp3) is 0.333. The number of aliphatic hydroxyl groups excluding tert-OH is 1. The molecule has 0 radical (unpaired) electrons. The Labute approximate surface area is 148 Å². The first kappa shape index (κ1) is 18.7. The molecule has 2 N–H and O–H groups in total. The van der Waals surface area contributed by atoms with Crippen LogP contribution in [0, 0.1) is 5.92 Å². The van der Waals surface area contributed by atoms with Crippen LogP contribution >= 0.6 is 0 Å². The van der Waals surface area contributed by atoms with Gasteiger partial charge in [-0.2, -0.15) is 0 Å². The lowest BCUT2D eigenvalue weighted by molar-refractivity contribution is -0.132. The molecule has 4 heteroatoms. The van der Waals surface area contributed by atoms with E-state index in [0.29, 0.717) is 11.3 Å². The minimum absolute atomic E-state index is 0.0867. The largest absolute Gasteiger partial charge is 0.505 e. The Morgan fingerprint density at radius 2 is 1.80 bits per heavy atom. The lowest BCUT2D eigenvalue weighted by Gasteiger charge is -2.24. The number of carbonyl (C=O) groups is 2. The number of para-hydroxylation sites is 1. The third kappa shape index (κ3) is 4.27. The van der Waals surface area contributed by atoms with Gasteiger partial charge in [0.25, 0.3) is 0 Å². The summed E-state index contributed by atoms with van der Waals surface area (Å²) < 4.78 is 0. The van der Waals surface area contributed by atoms with Gasteiger partial charge in [0.05, 0.1) is 5.70 Å². The highest BCUT2D eigenvalue weighted by Crippen LogP contribution is 2.32. The van der Waals surface area contributed by atoms with Crippen molar-refractivity contribution in [2.45, 2.75) is 40.5 Å². The Morgan fingerprint density at radius 1 is 1.16 bits per heavy atom. The Balaban J connectivity index is 2.43. The van der Waals surface area contributed by atoms with Crippen molar-refractivity contribution in [3.05, 3.63) is 64.6 Å². The summed E-state index contributed by atoms with van der Waals surface area (Å²) in [4.78, 5) is 24.8. The molecule has 0 aliphatic heterocycles. The van der Waals surface area contributed by atoms with Crippen LogP contribution < -0.4 is 5.32 Å². The highest BCUT2D eigenvalue weighted by atomic mass is 16.3. The van der Waals surface area contributed by atoms with Crippen molar-refractivity contribution >= 4 is 17.3 Å². The summed E-state index contributed by atoms with van der Waals surface area (Å²) in [5.74, 6) is -1.44. The Morgan fingerprint density at radius 3 is 2.40 bits per heavy atom. The monoisotopic (exact) mass is 339 g/mol. The maximum absolute atomic E-state index is 12.6. The van der Waals surface area contributed by atoms with Crippen molar-refractivity contribution in [3.8, 4) is 0 Å².